The van der Waals surface area contributed by atoms with E-state index in [1.807, 2.05) is 17.0 Å². The molecular weight excluding hydrogens is 312 g/mol. The van der Waals surface area contributed by atoms with Crippen molar-refractivity contribution in [3.63, 3.8) is 0 Å². The van der Waals surface area contributed by atoms with Crippen LogP contribution < -0.4 is 5.73 Å². The number of aromatic hydroxyl groups is 1. The number of benzene rings is 2. The van der Waals surface area contributed by atoms with Gasteiger partial charge in [0.1, 0.15) is 5.75 Å². The van der Waals surface area contributed by atoms with E-state index in [1.54, 1.807) is 30.4 Å². The molecule has 4 nitrogen and oxygen atoms in total. The maximum atomic E-state index is 12.4. The molecule has 3 rings (SSSR count). The quantitative estimate of drug-likeness (QED) is 0.842. The van der Waals surface area contributed by atoms with E-state index in [0.717, 1.165) is 37.1 Å². The zero-order chi connectivity index (χ0) is 17.6. The number of phenolic OH excluding ortho intramolecular Hbond substituents is 1. The first kappa shape index (κ1) is 17.2. The molecule has 0 unspecified atom stereocenters. The summed E-state index contributed by atoms with van der Waals surface area (Å²) in [5, 5.41) is 9.46. The van der Waals surface area contributed by atoms with E-state index < -0.39 is 0 Å². The van der Waals surface area contributed by atoms with Crippen LogP contribution in [0.1, 0.15) is 35.4 Å². The molecule has 1 amide bonds. The molecule has 1 saturated heterocycles. The fourth-order valence-corrected chi connectivity index (χ4v) is 3.31. The zero-order valence-corrected chi connectivity index (χ0v) is 14.3. The van der Waals surface area contributed by atoms with Gasteiger partial charge in [-0.05, 0) is 53.7 Å². The molecule has 1 aliphatic rings. The summed E-state index contributed by atoms with van der Waals surface area (Å²) in [7, 11) is 0. The van der Waals surface area contributed by atoms with Gasteiger partial charge in [0, 0.05) is 25.7 Å². The number of phenols is 1. The average Bonchev–Trinajstić information content (AvgIpc) is 2.66. The van der Waals surface area contributed by atoms with Crippen molar-refractivity contribution in [3.8, 4) is 5.75 Å². The second-order valence-electron chi connectivity index (χ2n) is 6.48. The third kappa shape index (κ3) is 4.48. The number of likely N-dealkylation sites (tertiary alicyclic amines) is 1. The lowest BCUT2D eigenvalue weighted by Crippen LogP contribution is -2.36. The van der Waals surface area contributed by atoms with E-state index >= 15 is 0 Å². The van der Waals surface area contributed by atoms with Gasteiger partial charge in [0.15, 0.2) is 0 Å². The van der Waals surface area contributed by atoms with Crippen molar-refractivity contribution in [1.82, 2.24) is 4.90 Å². The smallest absolute Gasteiger partial charge is 0.246 e. The highest BCUT2D eigenvalue weighted by Crippen LogP contribution is 2.28. The van der Waals surface area contributed by atoms with Crippen LogP contribution in [0.2, 0.25) is 0 Å². The van der Waals surface area contributed by atoms with E-state index in [9.17, 15) is 9.90 Å². The predicted octanol–water partition coefficient (Wildman–Crippen LogP) is 3.27. The second-order valence-corrected chi connectivity index (χ2v) is 6.48. The summed E-state index contributed by atoms with van der Waals surface area (Å²) in [6, 6.07) is 15.3. The Balaban J connectivity index is 1.57. The van der Waals surface area contributed by atoms with Crippen LogP contribution in [0.5, 0.6) is 5.75 Å². The Kier molecular flexibility index (Phi) is 5.51. The van der Waals surface area contributed by atoms with Gasteiger partial charge in [-0.3, -0.25) is 4.79 Å². The van der Waals surface area contributed by atoms with Crippen molar-refractivity contribution < 1.29 is 9.90 Å². The van der Waals surface area contributed by atoms with Crippen molar-refractivity contribution in [2.75, 3.05) is 13.1 Å². The van der Waals surface area contributed by atoms with Crippen molar-refractivity contribution in [2.24, 2.45) is 5.73 Å². The number of nitrogens with two attached hydrogens (primary N) is 1. The Morgan fingerprint density at radius 2 is 1.92 bits per heavy atom. The van der Waals surface area contributed by atoms with Crippen molar-refractivity contribution >= 4 is 12.0 Å². The van der Waals surface area contributed by atoms with E-state index in [4.69, 9.17) is 5.73 Å². The minimum absolute atomic E-state index is 0.0255. The Bertz CT molecular complexity index is 762. The maximum Gasteiger partial charge on any atom is 0.246 e. The zero-order valence-electron chi connectivity index (χ0n) is 14.3. The first-order valence-corrected chi connectivity index (χ1v) is 8.70. The molecule has 0 spiro atoms. The number of hydrogen-bond acceptors (Lipinski definition) is 3. The van der Waals surface area contributed by atoms with Gasteiger partial charge in [0.05, 0.1) is 0 Å². The predicted molar refractivity (Wildman–Crippen MR) is 100 cm³/mol. The molecule has 1 heterocycles. The standard InChI is InChI=1S/C21H24N2O2/c22-15-17-4-1-5-19(13-17)18-9-11-23(12-10-18)21(25)8-7-16-3-2-6-20(24)14-16/h1-8,13-14,18,24H,9-12,15,22H2. The van der Waals surface area contributed by atoms with Crippen LogP contribution in [-0.4, -0.2) is 29.0 Å². The second kappa shape index (κ2) is 7.99. The summed E-state index contributed by atoms with van der Waals surface area (Å²) in [6.07, 6.45) is 5.28. The van der Waals surface area contributed by atoms with Crippen LogP contribution in [0.25, 0.3) is 6.08 Å². The Morgan fingerprint density at radius 3 is 2.64 bits per heavy atom. The van der Waals surface area contributed by atoms with Crippen molar-refractivity contribution in [1.29, 1.82) is 0 Å². The number of nitrogens with zero attached hydrogens (tertiary/aromatic N) is 1. The number of carbonyl (C=O) groups is 1. The Morgan fingerprint density at radius 1 is 1.16 bits per heavy atom. The molecular formula is C21H24N2O2. The largest absolute Gasteiger partial charge is 0.508 e. The molecule has 0 atom stereocenters. The molecule has 3 N–H and O–H groups in total. The summed E-state index contributed by atoms with van der Waals surface area (Å²) in [5.74, 6) is 0.721. The van der Waals surface area contributed by atoms with E-state index in [2.05, 4.69) is 18.2 Å². The van der Waals surface area contributed by atoms with Gasteiger partial charge < -0.3 is 15.7 Å². The monoisotopic (exact) mass is 336 g/mol. The molecule has 1 fully saturated rings. The molecule has 2 aromatic carbocycles. The molecule has 0 radical (unpaired) electrons. The molecule has 0 bridgehead atoms. The van der Waals surface area contributed by atoms with Gasteiger partial charge in [-0.1, -0.05) is 36.4 Å². The Labute approximate surface area is 148 Å². The van der Waals surface area contributed by atoms with Crippen LogP contribution >= 0.6 is 0 Å². The molecule has 2 aromatic rings. The molecule has 0 aliphatic carbocycles. The first-order chi connectivity index (χ1) is 12.2. The van der Waals surface area contributed by atoms with E-state index in [-0.39, 0.29) is 11.7 Å². The maximum absolute atomic E-state index is 12.4. The number of rotatable bonds is 4. The summed E-state index contributed by atoms with van der Waals surface area (Å²) in [5.41, 5.74) is 9.03. The Hall–Kier alpha value is -2.59. The van der Waals surface area contributed by atoms with Crippen LogP contribution in [-0.2, 0) is 11.3 Å². The summed E-state index contributed by atoms with van der Waals surface area (Å²) >= 11 is 0. The van der Waals surface area contributed by atoms with Crippen LogP contribution in [0.4, 0.5) is 0 Å². The van der Waals surface area contributed by atoms with Crippen molar-refractivity contribution in [3.05, 3.63) is 71.3 Å². The average molecular weight is 336 g/mol. The summed E-state index contributed by atoms with van der Waals surface area (Å²) in [4.78, 5) is 14.3. The molecule has 25 heavy (non-hydrogen) atoms. The fourth-order valence-electron chi connectivity index (χ4n) is 3.31. The van der Waals surface area contributed by atoms with Crippen molar-refractivity contribution in [2.45, 2.75) is 25.3 Å². The normalized spacial score (nSPS) is 15.6. The van der Waals surface area contributed by atoms with Gasteiger partial charge in [-0.2, -0.15) is 0 Å². The van der Waals surface area contributed by atoms with Gasteiger partial charge in [-0.15, -0.1) is 0 Å². The lowest BCUT2D eigenvalue weighted by molar-refractivity contribution is -0.126. The number of carbonyl (C=O) groups excluding carboxylic acids is 1. The van der Waals surface area contributed by atoms with E-state index in [1.165, 1.54) is 5.56 Å². The van der Waals surface area contributed by atoms with Gasteiger partial charge in [-0.25, -0.2) is 0 Å². The highest BCUT2D eigenvalue weighted by atomic mass is 16.3. The molecule has 130 valence electrons. The van der Waals surface area contributed by atoms with Crippen LogP contribution in [0.3, 0.4) is 0 Å². The highest BCUT2D eigenvalue weighted by molar-refractivity contribution is 5.91. The van der Waals surface area contributed by atoms with Crippen LogP contribution in [0, 0.1) is 0 Å². The molecule has 0 aromatic heterocycles. The number of hydrogen-bond donors (Lipinski definition) is 2. The van der Waals surface area contributed by atoms with Gasteiger partial charge >= 0.3 is 0 Å². The minimum atomic E-state index is 0.0255. The first-order valence-electron chi connectivity index (χ1n) is 8.70. The SMILES string of the molecule is NCc1cccc(C2CCN(C(=O)C=Cc3cccc(O)c3)CC2)c1. The van der Waals surface area contributed by atoms with E-state index in [0.29, 0.717) is 12.5 Å². The summed E-state index contributed by atoms with van der Waals surface area (Å²) in [6.45, 7) is 2.09. The minimum Gasteiger partial charge on any atom is -0.508 e. The lowest BCUT2D eigenvalue weighted by Gasteiger charge is -2.31. The molecule has 0 saturated carbocycles. The number of amides is 1. The lowest BCUT2D eigenvalue weighted by atomic mass is 9.88. The molecule has 4 heteroatoms. The third-order valence-corrected chi connectivity index (χ3v) is 4.75. The third-order valence-electron chi connectivity index (χ3n) is 4.75. The fraction of sp³-hybridized carbons (Fsp3) is 0.286. The number of piperidine rings is 1. The van der Waals surface area contributed by atoms with Gasteiger partial charge in [0.25, 0.3) is 0 Å². The van der Waals surface area contributed by atoms with Gasteiger partial charge in [0.2, 0.25) is 5.91 Å². The topological polar surface area (TPSA) is 66.6 Å². The summed E-state index contributed by atoms with van der Waals surface area (Å²) < 4.78 is 0. The van der Waals surface area contributed by atoms with Crippen LogP contribution in [0.15, 0.2) is 54.6 Å². The highest BCUT2D eigenvalue weighted by Gasteiger charge is 2.22. The molecule has 1 aliphatic heterocycles.